The van der Waals surface area contributed by atoms with Crippen molar-refractivity contribution in [2.24, 2.45) is 0 Å². The first-order valence-corrected chi connectivity index (χ1v) is 6.22. The lowest BCUT2D eigenvalue weighted by molar-refractivity contribution is 0.135. The highest BCUT2D eigenvalue weighted by molar-refractivity contribution is 6.35. The first kappa shape index (κ1) is 12.2. The zero-order valence-electron chi connectivity index (χ0n) is 9.08. The lowest BCUT2D eigenvalue weighted by Crippen LogP contribution is -2.33. The zero-order valence-corrected chi connectivity index (χ0v) is 10.6. The molecule has 0 bridgehead atoms. The van der Waals surface area contributed by atoms with E-state index in [1.165, 1.54) is 12.8 Å². The van der Waals surface area contributed by atoms with Gasteiger partial charge in [-0.2, -0.15) is 0 Å². The molecule has 2 nitrogen and oxygen atoms in total. The number of aliphatic hydroxyl groups excluding tert-OH is 1. The number of nitrogens with one attached hydrogen (secondary N) is 1. The smallest absolute Gasteiger partial charge is 0.0954 e. The average molecular weight is 260 g/mol. The number of aliphatic hydroxyl groups is 1. The third-order valence-electron chi connectivity index (χ3n) is 2.83. The fourth-order valence-electron chi connectivity index (χ4n) is 1.72. The summed E-state index contributed by atoms with van der Waals surface area (Å²) in [6, 6.07) is 5.75. The average Bonchev–Trinajstić information content (AvgIpc) is 3.00. The van der Waals surface area contributed by atoms with Gasteiger partial charge in [-0.1, -0.05) is 29.3 Å². The topological polar surface area (TPSA) is 32.3 Å². The lowest BCUT2D eigenvalue weighted by Gasteiger charge is -2.21. The van der Waals surface area contributed by atoms with Crippen molar-refractivity contribution in [1.82, 2.24) is 5.32 Å². The number of hydrogen-bond donors (Lipinski definition) is 2. The van der Waals surface area contributed by atoms with Crippen LogP contribution in [0.15, 0.2) is 18.2 Å². The van der Waals surface area contributed by atoms with Crippen LogP contribution in [0.2, 0.25) is 10.0 Å². The van der Waals surface area contributed by atoms with Gasteiger partial charge in [-0.25, -0.2) is 0 Å². The Balaban J connectivity index is 2.08. The Labute approximate surface area is 106 Å². The quantitative estimate of drug-likeness (QED) is 0.871. The Morgan fingerprint density at radius 2 is 2.06 bits per heavy atom. The fraction of sp³-hybridized carbons (Fsp3) is 0.500. The van der Waals surface area contributed by atoms with Crippen LogP contribution in [-0.2, 0) is 0 Å². The van der Waals surface area contributed by atoms with Crippen LogP contribution in [-0.4, -0.2) is 17.2 Å². The molecule has 1 aliphatic rings. The molecule has 0 radical (unpaired) electrons. The predicted molar refractivity (Wildman–Crippen MR) is 67.0 cm³/mol. The van der Waals surface area contributed by atoms with Gasteiger partial charge in [-0.3, -0.25) is 0 Å². The molecular weight excluding hydrogens is 245 g/mol. The minimum Gasteiger partial charge on any atom is -0.387 e. The largest absolute Gasteiger partial charge is 0.387 e. The molecule has 2 unspecified atom stereocenters. The van der Waals surface area contributed by atoms with Crippen LogP contribution < -0.4 is 5.32 Å². The molecule has 0 saturated heterocycles. The summed E-state index contributed by atoms with van der Waals surface area (Å²) in [7, 11) is 0. The van der Waals surface area contributed by atoms with Gasteiger partial charge in [0.05, 0.1) is 6.10 Å². The normalized spacial score (nSPS) is 19.5. The number of halogens is 2. The molecule has 2 atom stereocenters. The first-order chi connectivity index (χ1) is 7.58. The van der Waals surface area contributed by atoms with Gasteiger partial charge in [0, 0.05) is 27.7 Å². The summed E-state index contributed by atoms with van der Waals surface area (Å²) in [6.45, 7) is 1.97. The third-order valence-corrected chi connectivity index (χ3v) is 3.39. The Kier molecular flexibility index (Phi) is 3.75. The molecule has 0 amide bonds. The van der Waals surface area contributed by atoms with Gasteiger partial charge in [0.25, 0.3) is 0 Å². The maximum Gasteiger partial charge on any atom is 0.0954 e. The second-order valence-corrected chi connectivity index (χ2v) is 5.18. The van der Waals surface area contributed by atoms with Gasteiger partial charge >= 0.3 is 0 Å². The van der Waals surface area contributed by atoms with Gasteiger partial charge < -0.3 is 10.4 Å². The number of hydrogen-bond acceptors (Lipinski definition) is 2. The molecule has 16 heavy (non-hydrogen) atoms. The van der Waals surface area contributed by atoms with Crippen LogP contribution in [0, 0.1) is 0 Å². The molecule has 1 fully saturated rings. The molecule has 0 aromatic heterocycles. The predicted octanol–water partition coefficient (Wildman–Crippen LogP) is 3.17. The van der Waals surface area contributed by atoms with Crippen LogP contribution >= 0.6 is 23.2 Å². The van der Waals surface area contributed by atoms with Gasteiger partial charge in [0.2, 0.25) is 0 Å². The highest BCUT2D eigenvalue weighted by Gasteiger charge is 2.27. The van der Waals surface area contributed by atoms with E-state index in [-0.39, 0.29) is 6.04 Å². The molecule has 0 aliphatic heterocycles. The Hall–Kier alpha value is -0.280. The van der Waals surface area contributed by atoms with Crippen molar-refractivity contribution in [2.75, 3.05) is 0 Å². The lowest BCUT2D eigenvalue weighted by atomic mass is 10.0. The van der Waals surface area contributed by atoms with Crippen molar-refractivity contribution in [3.05, 3.63) is 33.8 Å². The molecule has 0 heterocycles. The van der Waals surface area contributed by atoms with E-state index in [9.17, 15) is 5.11 Å². The molecule has 1 aliphatic carbocycles. The summed E-state index contributed by atoms with van der Waals surface area (Å²) < 4.78 is 0. The second kappa shape index (κ2) is 4.92. The van der Waals surface area contributed by atoms with Crippen molar-refractivity contribution >= 4 is 23.2 Å². The van der Waals surface area contributed by atoms with Gasteiger partial charge in [0.15, 0.2) is 0 Å². The standard InChI is InChI=1S/C12H15Cl2NO/c1-7(15-9-3-4-9)12(16)10-5-2-8(13)6-11(10)14/h2,5-7,9,12,15-16H,3-4H2,1H3. The summed E-state index contributed by atoms with van der Waals surface area (Å²) in [5.74, 6) is 0. The maximum absolute atomic E-state index is 10.1. The van der Waals surface area contributed by atoms with Crippen molar-refractivity contribution in [2.45, 2.75) is 38.0 Å². The van der Waals surface area contributed by atoms with E-state index in [4.69, 9.17) is 23.2 Å². The molecule has 88 valence electrons. The van der Waals surface area contributed by atoms with E-state index in [0.717, 1.165) is 5.56 Å². The SMILES string of the molecule is CC(NC1CC1)C(O)c1ccc(Cl)cc1Cl. The van der Waals surface area contributed by atoms with Crippen LogP contribution in [0.25, 0.3) is 0 Å². The van der Waals surface area contributed by atoms with Crippen molar-refractivity contribution in [3.63, 3.8) is 0 Å². The Bertz CT molecular complexity index is 379. The molecule has 0 spiro atoms. The molecule has 1 aromatic rings. The monoisotopic (exact) mass is 259 g/mol. The molecular formula is C12H15Cl2NO. The molecule has 1 saturated carbocycles. The van der Waals surface area contributed by atoms with E-state index < -0.39 is 6.10 Å². The Morgan fingerprint density at radius 1 is 1.38 bits per heavy atom. The fourth-order valence-corrected chi connectivity index (χ4v) is 2.24. The van der Waals surface area contributed by atoms with E-state index in [0.29, 0.717) is 16.1 Å². The summed E-state index contributed by atoms with van der Waals surface area (Å²) in [5, 5.41) is 14.6. The van der Waals surface area contributed by atoms with Gasteiger partial charge in [-0.15, -0.1) is 0 Å². The van der Waals surface area contributed by atoms with E-state index in [1.54, 1.807) is 18.2 Å². The molecule has 2 N–H and O–H groups in total. The van der Waals surface area contributed by atoms with E-state index in [1.807, 2.05) is 6.92 Å². The first-order valence-electron chi connectivity index (χ1n) is 5.47. The van der Waals surface area contributed by atoms with Crippen LogP contribution in [0.4, 0.5) is 0 Å². The van der Waals surface area contributed by atoms with E-state index in [2.05, 4.69) is 5.32 Å². The third kappa shape index (κ3) is 2.89. The van der Waals surface area contributed by atoms with Crippen molar-refractivity contribution < 1.29 is 5.11 Å². The minimum absolute atomic E-state index is 0.00572. The van der Waals surface area contributed by atoms with Crippen molar-refractivity contribution in [1.29, 1.82) is 0 Å². The van der Waals surface area contributed by atoms with Crippen LogP contribution in [0.3, 0.4) is 0 Å². The minimum atomic E-state index is -0.592. The highest BCUT2D eigenvalue weighted by Crippen LogP contribution is 2.29. The number of benzene rings is 1. The summed E-state index contributed by atoms with van der Waals surface area (Å²) >= 11 is 11.9. The molecule has 1 aromatic carbocycles. The second-order valence-electron chi connectivity index (χ2n) is 4.34. The maximum atomic E-state index is 10.1. The highest BCUT2D eigenvalue weighted by atomic mass is 35.5. The molecule has 2 rings (SSSR count). The van der Waals surface area contributed by atoms with E-state index >= 15 is 0 Å². The summed E-state index contributed by atoms with van der Waals surface area (Å²) in [4.78, 5) is 0. The Morgan fingerprint density at radius 3 is 2.62 bits per heavy atom. The molecule has 4 heteroatoms. The summed E-state index contributed by atoms with van der Waals surface area (Å²) in [5.41, 5.74) is 0.728. The number of rotatable bonds is 4. The van der Waals surface area contributed by atoms with Crippen LogP contribution in [0.5, 0.6) is 0 Å². The van der Waals surface area contributed by atoms with Crippen molar-refractivity contribution in [3.8, 4) is 0 Å². The van der Waals surface area contributed by atoms with Crippen LogP contribution in [0.1, 0.15) is 31.4 Å². The van der Waals surface area contributed by atoms with Gasteiger partial charge in [0.1, 0.15) is 0 Å². The van der Waals surface area contributed by atoms with Gasteiger partial charge in [-0.05, 0) is 31.9 Å². The summed E-state index contributed by atoms with van der Waals surface area (Å²) in [6.07, 6.45) is 1.81. The zero-order chi connectivity index (χ0) is 11.7.